The molecule has 1 heterocycles. The summed E-state index contributed by atoms with van der Waals surface area (Å²) in [6.07, 6.45) is 0. The number of hydrogen-bond acceptors (Lipinski definition) is 4. The molecule has 0 aliphatic carbocycles. The van der Waals surface area contributed by atoms with Crippen molar-refractivity contribution in [1.29, 1.82) is 0 Å². The number of benzene rings is 3. The number of rotatable bonds is 6. The van der Waals surface area contributed by atoms with Gasteiger partial charge in [-0.05, 0) is 30.7 Å². The quantitative estimate of drug-likeness (QED) is 0.450. The molecule has 0 atom stereocenters. The Kier molecular flexibility index (Phi) is 4.96. The lowest BCUT2D eigenvalue weighted by Crippen LogP contribution is -2.15. The van der Waals surface area contributed by atoms with Crippen molar-refractivity contribution in [2.24, 2.45) is 0 Å². The molecule has 3 aromatic carbocycles. The van der Waals surface area contributed by atoms with Gasteiger partial charge < -0.3 is 9.73 Å². The molecule has 1 N–H and O–H groups in total. The fraction of sp³-hybridized carbons (Fsp3) is 0.0833. The van der Waals surface area contributed by atoms with Gasteiger partial charge in [0.25, 0.3) is 0 Å². The number of ketones is 2. The van der Waals surface area contributed by atoms with Crippen molar-refractivity contribution >= 4 is 28.2 Å². The smallest absolute Gasteiger partial charge is 0.230 e. The average molecular weight is 387 g/mol. The molecule has 4 rings (SSSR count). The Balaban J connectivity index is 1.70. The number of carbonyl (C=O) groups excluding carboxylic acids is 2. The van der Waals surface area contributed by atoms with Gasteiger partial charge >= 0.3 is 0 Å². The van der Waals surface area contributed by atoms with Gasteiger partial charge in [-0.15, -0.1) is 0 Å². The van der Waals surface area contributed by atoms with E-state index in [2.05, 4.69) is 5.32 Å². The molecule has 0 amide bonds. The van der Waals surface area contributed by atoms with E-state index in [4.69, 9.17) is 4.42 Å². The van der Waals surface area contributed by atoms with E-state index < -0.39 is 11.6 Å². The molecule has 0 unspecified atom stereocenters. The Morgan fingerprint density at radius 1 is 0.931 bits per heavy atom. The third-order valence-corrected chi connectivity index (χ3v) is 4.76. The molecule has 0 spiro atoms. The van der Waals surface area contributed by atoms with Gasteiger partial charge in [-0.1, -0.05) is 54.6 Å². The minimum atomic E-state index is -0.458. The summed E-state index contributed by atoms with van der Waals surface area (Å²) in [6.45, 7) is 1.63. The van der Waals surface area contributed by atoms with E-state index in [1.54, 1.807) is 61.5 Å². The van der Waals surface area contributed by atoms with Crippen molar-refractivity contribution in [3.05, 3.63) is 101 Å². The summed E-state index contributed by atoms with van der Waals surface area (Å²) in [6, 6.07) is 20.4. The molecule has 0 aliphatic rings. The van der Waals surface area contributed by atoms with E-state index in [-0.39, 0.29) is 23.7 Å². The van der Waals surface area contributed by atoms with Gasteiger partial charge in [-0.3, -0.25) is 9.59 Å². The highest BCUT2D eigenvalue weighted by Crippen LogP contribution is 2.32. The molecule has 0 saturated carbocycles. The molecule has 4 aromatic rings. The predicted octanol–water partition coefficient (Wildman–Crippen LogP) is 5.41. The molecule has 29 heavy (non-hydrogen) atoms. The van der Waals surface area contributed by atoms with E-state index >= 15 is 0 Å². The van der Waals surface area contributed by atoms with Crippen LogP contribution in [0.1, 0.15) is 32.0 Å². The third kappa shape index (κ3) is 3.67. The third-order valence-electron chi connectivity index (χ3n) is 4.76. The number of nitrogens with one attached hydrogen (secondary N) is 1. The highest BCUT2D eigenvalue weighted by atomic mass is 19.1. The summed E-state index contributed by atoms with van der Waals surface area (Å²) in [5.74, 6) is -0.971. The largest absolute Gasteiger partial charge is 0.450 e. The van der Waals surface area contributed by atoms with Crippen LogP contribution in [0.4, 0.5) is 10.1 Å². The summed E-state index contributed by atoms with van der Waals surface area (Å²) >= 11 is 0. The standard InChI is InChI=1S/C24H18FNO3/c1-15-11-12-17(13-19(15)25)23(28)24-22(18-9-5-6-10-21(18)29-24)26-14-20(27)16-7-3-2-4-8-16/h2-13,26H,14H2,1H3. The maximum Gasteiger partial charge on any atom is 0.230 e. The molecular formula is C24H18FNO3. The van der Waals surface area contributed by atoms with Gasteiger partial charge in [-0.2, -0.15) is 0 Å². The summed E-state index contributed by atoms with van der Waals surface area (Å²) in [5, 5.41) is 3.74. The normalized spacial score (nSPS) is 10.8. The summed E-state index contributed by atoms with van der Waals surface area (Å²) in [7, 11) is 0. The van der Waals surface area contributed by atoms with Crippen LogP contribution in [0.2, 0.25) is 0 Å². The lowest BCUT2D eigenvalue weighted by molar-refractivity contribution is 0.0997. The lowest BCUT2D eigenvalue weighted by atomic mass is 10.0. The molecule has 0 radical (unpaired) electrons. The van der Waals surface area contributed by atoms with E-state index in [1.807, 2.05) is 12.1 Å². The highest BCUT2D eigenvalue weighted by molar-refractivity contribution is 6.15. The lowest BCUT2D eigenvalue weighted by Gasteiger charge is -2.07. The van der Waals surface area contributed by atoms with E-state index in [1.165, 1.54) is 6.07 Å². The minimum Gasteiger partial charge on any atom is -0.450 e. The van der Waals surface area contributed by atoms with Crippen LogP contribution in [0.25, 0.3) is 11.0 Å². The zero-order chi connectivity index (χ0) is 20.4. The Labute approximate surface area is 167 Å². The molecule has 5 heteroatoms. The van der Waals surface area contributed by atoms with Crippen LogP contribution in [0, 0.1) is 12.7 Å². The first-order chi connectivity index (χ1) is 14.0. The first-order valence-electron chi connectivity index (χ1n) is 9.19. The van der Waals surface area contributed by atoms with E-state index in [9.17, 15) is 14.0 Å². The number of aryl methyl sites for hydroxylation is 1. The van der Waals surface area contributed by atoms with E-state index in [0.29, 0.717) is 27.8 Å². The van der Waals surface area contributed by atoms with Crippen LogP contribution in [-0.4, -0.2) is 18.1 Å². The predicted molar refractivity (Wildman–Crippen MR) is 110 cm³/mol. The van der Waals surface area contributed by atoms with Crippen LogP contribution >= 0.6 is 0 Å². The number of fused-ring (bicyclic) bond motifs is 1. The van der Waals surface area contributed by atoms with Gasteiger partial charge in [0.05, 0.1) is 12.2 Å². The summed E-state index contributed by atoms with van der Waals surface area (Å²) in [4.78, 5) is 25.5. The van der Waals surface area contributed by atoms with Crippen molar-refractivity contribution in [2.45, 2.75) is 6.92 Å². The molecule has 0 fully saturated rings. The van der Waals surface area contributed by atoms with Gasteiger partial charge in [0.2, 0.25) is 5.78 Å². The number of para-hydroxylation sites is 1. The monoisotopic (exact) mass is 387 g/mol. The molecule has 0 bridgehead atoms. The van der Waals surface area contributed by atoms with Crippen LogP contribution in [0.5, 0.6) is 0 Å². The SMILES string of the molecule is Cc1ccc(C(=O)c2oc3ccccc3c2NCC(=O)c2ccccc2)cc1F. The Morgan fingerprint density at radius 3 is 2.41 bits per heavy atom. The average Bonchev–Trinajstić information content (AvgIpc) is 3.12. The number of furan rings is 1. The molecule has 144 valence electrons. The van der Waals surface area contributed by atoms with Gasteiger partial charge in [0, 0.05) is 16.5 Å². The molecule has 4 nitrogen and oxygen atoms in total. The topological polar surface area (TPSA) is 59.3 Å². The number of carbonyl (C=O) groups is 2. The van der Waals surface area contributed by atoms with E-state index in [0.717, 1.165) is 0 Å². The number of Topliss-reactive ketones (excluding diaryl/α,β-unsaturated/α-hetero) is 1. The van der Waals surface area contributed by atoms with Crippen molar-refractivity contribution in [3.8, 4) is 0 Å². The van der Waals surface area contributed by atoms with Crippen molar-refractivity contribution in [2.75, 3.05) is 11.9 Å². The molecule has 1 aromatic heterocycles. The highest BCUT2D eigenvalue weighted by Gasteiger charge is 2.23. The van der Waals surface area contributed by atoms with Crippen molar-refractivity contribution < 1.29 is 18.4 Å². The zero-order valence-corrected chi connectivity index (χ0v) is 15.7. The van der Waals surface area contributed by atoms with Crippen LogP contribution in [0.3, 0.4) is 0 Å². The summed E-state index contributed by atoms with van der Waals surface area (Å²) < 4.78 is 19.7. The maximum absolute atomic E-state index is 14.0. The molecule has 0 saturated heterocycles. The minimum absolute atomic E-state index is 0.00389. The Morgan fingerprint density at radius 2 is 1.66 bits per heavy atom. The summed E-state index contributed by atoms with van der Waals surface area (Å²) in [5.41, 5.74) is 2.15. The first-order valence-corrected chi connectivity index (χ1v) is 9.19. The maximum atomic E-state index is 14.0. The first kappa shape index (κ1) is 18.6. The van der Waals surface area contributed by atoms with Crippen molar-refractivity contribution in [1.82, 2.24) is 0 Å². The van der Waals surface area contributed by atoms with Gasteiger partial charge in [0.15, 0.2) is 11.5 Å². The zero-order valence-electron chi connectivity index (χ0n) is 15.7. The Hall–Kier alpha value is -3.73. The fourth-order valence-corrected chi connectivity index (χ4v) is 3.14. The number of hydrogen-bond donors (Lipinski definition) is 1. The van der Waals surface area contributed by atoms with Crippen LogP contribution < -0.4 is 5.32 Å². The van der Waals surface area contributed by atoms with Crippen LogP contribution in [-0.2, 0) is 0 Å². The van der Waals surface area contributed by atoms with Crippen molar-refractivity contribution in [3.63, 3.8) is 0 Å². The fourth-order valence-electron chi connectivity index (χ4n) is 3.14. The van der Waals surface area contributed by atoms with Crippen LogP contribution in [0.15, 0.2) is 77.2 Å². The number of halogens is 1. The van der Waals surface area contributed by atoms with Gasteiger partial charge in [0.1, 0.15) is 11.4 Å². The molecular weight excluding hydrogens is 369 g/mol. The molecule has 0 aliphatic heterocycles. The number of anilines is 1. The second kappa shape index (κ2) is 7.72. The Bertz CT molecular complexity index is 1210. The second-order valence-electron chi connectivity index (χ2n) is 6.74. The second-order valence-corrected chi connectivity index (χ2v) is 6.74. The van der Waals surface area contributed by atoms with Gasteiger partial charge in [-0.25, -0.2) is 4.39 Å².